The Morgan fingerprint density at radius 3 is 2.82 bits per heavy atom. The van der Waals surface area contributed by atoms with Gasteiger partial charge in [-0.05, 0) is 57.1 Å². The summed E-state index contributed by atoms with van der Waals surface area (Å²) in [6, 6.07) is 9.73. The van der Waals surface area contributed by atoms with Gasteiger partial charge < -0.3 is 16.0 Å². The van der Waals surface area contributed by atoms with Crippen molar-refractivity contribution in [2.24, 2.45) is 5.73 Å². The molecular formula is C22H28N6. The van der Waals surface area contributed by atoms with Gasteiger partial charge in [0.25, 0.3) is 0 Å². The summed E-state index contributed by atoms with van der Waals surface area (Å²) in [7, 11) is 0. The third-order valence-corrected chi connectivity index (χ3v) is 6.11. The molecule has 0 saturated heterocycles. The zero-order chi connectivity index (χ0) is 19.1. The van der Waals surface area contributed by atoms with Crippen LogP contribution in [-0.2, 0) is 6.42 Å². The Bertz CT molecular complexity index is 986. The molecule has 3 aromatic rings. The minimum Gasteiger partial charge on any atom is -0.366 e. The maximum Gasteiger partial charge on any atom is 0.177 e. The molecule has 0 bridgehead atoms. The molecule has 0 spiro atoms. The van der Waals surface area contributed by atoms with Crippen LogP contribution in [0.15, 0.2) is 36.7 Å². The summed E-state index contributed by atoms with van der Waals surface area (Å²) in [5.41, 5.74) is 12.1. The van der Waals surface area contributed by atoms with Crippen molar-refractivity contribution in [1.29, 1.82) is 0 Å². The number of aryl methyl sites for hydroxylation is 2. The fourth-order valence-corrected chi connectivity index (χ4v) is 4.62. The van der Waals surface area contributed by atoms with E-state index < -0.39 is 0 Å². The molecule has 0 radical (unpaired) electrons. The molecule has 28 heavy (non-hydrogen) atoms. The molecule has 3 N–H and O–H groups in total. The van der Waals surface area contributed by atoms with Gasteiger partial charge in [0.15, 0.2) is 5.65 Å². The summed E-state index contributed by atoms with van der Waals surface area (Å²) in [4.78, 5) is 7.00. The number of nitrogens with one attached hydrogen (secondary N) is 1. The van der Waals surface area contributed by atoms with E-state index >= 15 is 0 Å². The van der Waals surface area contributed by atoms with E-state index in [0.717, 1.165) is 62.2 Å². The van der Waals surface area contributed by atoms with Gasteiger partial charge in [-0.1, -0.05) is 17.7 Å². The predicted octanol–water partition coefficient (Wildman–Crippen LogP) is 3.80. The van der Waals surface area contributed by atoms with Crippen LogP contribution in [0.1, 0.15) is 43.2 Å². The van der Waals surface area contributed by atoms with Crippen LogP contribution in [0.5, 0.6) is 0 Å². The molecule has 3 heterocycles. The van der Waals surface area contributed by atoms with Gasteiger partial charge >= 0.3 is 0 Å². The number of nitrogens with two attached hydrogens (primary N) is 1. The molecule has 2 aliphatic rings. The molecule has 1 aromatic carbocycles. The average Bonchev–Trinajstić information content (AvgIpc) is 3.17. The maximum absolute atomic E-state index is 6.07. The normalized spacial score (nSPS) is 22.3. The van der Waals surface area contributed by atoms with Crippen LogP contribution in [0.3, 0.4) is 0 Å². The van der Waals surface area contributed by atoms with Crippen LogP contribution < -0.4 is 16.0 Å². The second kappa shape index (κ2) is 7.09. The van der Waals surface area contributed by atoms with E-state index in [-0.39, 0.29) is 0 Å². The molecule has 1 aliphatic carbocycles. The zero-order valence-electron chi connectivity index (χ0n) is 16.4. The Labute approximate surface area is 165 Å². The van der Waals surface area contributed by atoms with Crippen molar-refractivity contribution in [1.82, 2.24) is 14.6 Å². The number of hydrogen-bond acceptors (Lipinski definition) is 5. The second-order valence-electron chi connectivity index (χ2n) is 8.25. The predicted molar refractivity (Wildman–Crippen MR) is 113 cm³/mol. The van der Waals surface area contributed by atoms with Crippen molar-refractivity contribution in [3.8, 4) is 0 Å². The van der Waals surface area contributed by atoms with Gasteiger partial charge in [-0.3, -0.25) is 0 Å². The van der Waals surface area contributed by atoms with Gasteiger partial charge in [0.1, 0.15) is 5.82 Å². The Hall–Kier alpha value is -2.60. The topological polar surface area (TPSA) is 71.5 Å². The van der Waals surface area contributed by atoms with E-state index in [0.29, 0.717) is 12.1 Å². The standard InChI is InChI=1S/C22H28N6/c1-15-4-9-19-16(13-15)3-2-11-27(19)20-14-21(26-28-12-10-24-22(20)28)25-18-7-5-17(23)6-8-18/h4,9-10,12-14,17-18H,2-3,5-8,11,23H2,1H3,(H,25,26)/t17-,18-. The molecule has 0 amide bonds. The molecule has 1 aliphatic heterocycles. The van der Waals surface area contributed by atoms with E-state index in [2.05, 4.69) is 46.4 Å². The van der Waals surface area contributed by atoms with Gasteiger partial charge in [0, 0.05) is 42.8 Å². The number of benzene rings is 1. The quantitative estimate of drug-likeness (QED) is 0.727. The summed E-state index contributed by atoms with van der Waals surface area (Å²) in [6.07, 6.45) is 10.4. The summed E-state index contributed by atoms with van der Waals surface area (Å²) in [5.74, 6) is 0.917. The number of imidazole rings is 1. The minimum atomic E-state index is 0.353. The van der Waals surface area contributed by atoms with Crippen molar-refractivity contribution in [3.63, 3.8) is 0 Å². The monoisotopic (exact) mass is 376 g/mol. The highest BCUT2D eigenvalue weighted by Crippen LogP contribution is 2.36. The van der Waals surface area contributed by atoms with Gasteiger partial charge in [-0.15, -0.1) is 5.10 Å². The highest BCUT2D eigenvalue weighted by atomic mass is 15.3. The number of fused-ring (bicyclic) bond motifs is 2. The van der Waals surface area contributed by atoms with Gasteiger partial charge in [-0.25, -0.2) is 9.50 Å². The fraction of sp³-hybridized carbons (Fsp3) is 0.455. The molecule has 6 nitrogen and oxygen atoms in total. The Balaban J connectivity index is 1.52. The van der Waals surface area contributed by atoms with Crippen LogP contribution in [0.2, 0.25) is 0 Å². The first kappa shape index (κ1) is 17.5. The van der Waals surface area contributed by atoms with Crippen molar-refractivity contribution < 1.29 is 0 Å². The van der Waals surface area contributed by atoms with E-state index in [9.17, 15) is 0 Å². The molecule has 0 atom stereocenters. The smallest absolute Gasteiger partial charge is 0.177 e. The molecule has 146 valence electrons. The Kier molecular flexibility index (Phi) is 4.43. The Morgan fingerprint density at radius 2 is 1.96 bits per heavy atom. The summed E-state index contributed by atoms with van der Waals surface area (Å²) in [5, 5.41) is 8.41. The molecule has 0 unspecified atom stereocenters. The molecule has 6 heteroatoms. The molecule has 1 saturated carbocycles. The van der Waals surface area contributed by atoms with Crippen molar-refractivity contribution >= 4 is 22.8 Å². The Morgan fingerprint density at radius 1 is 1.11 bits per heavy atom. The van der Waals surface area contributed by atoms with Crippen LogP contribution in [0, 0.1) is 6.92 Å². The summed E-state index contributed by atoms with van der Waals surface area (Å²) >= 11 is 0. The second-order valence-corrected chi connectivity index (χ2v) is 8.25. The van der Waals surface area contributed by atoms with Gasteiger partial charge in [0.05, 0.1) is 5.69 Å². The molecule has 1 fully saturated rings. The van der Waals surface area contributed by atoms with E-state index in [1.54, 1.807) is 0 Å². The molecule has 2 aromatic heterocycles. The lowest BCUT2D eigenvalue weighted by molar-refractivity contribution is 0.410. The van der Waals surface area contributed by atoms with Crippen molar-refractivity contribution in [2.75, 3.05) is 16.8 Å². The number of nitrogens with zero attached hydrogens (tertiary/aromatic N) is 4. The van der Waals surface area contributed by atoms with Crippen molar-refractivity contribution in [3.05, 3.63) is 47.8 Å². The third kappa shape index (κ3) is 3.22. The maximum atomic E-state index is 6.07. The largest absolute Gasteiger partial charge is 0.366 e. The molecule has 5 rings (SSSR count). The average molecular weight is 377 g/mol. The van der Waals surface area contributed by atoms with Crippen LogP contribution in [0.25, 0.3) is 5.65 Å². The highest BCUT2D eigenvalue weighted by molar-refractivity contribution is 5.79. The first-order chi connectivity index (χ1) is 13.7. The summed E-state index contributed by atoms with van der Waals surface area (Å²) < 4.78 is 1.90. The first-order valence-electron chi connectivity index (χ1n) is 10.4. The van der Waals surface area contributed by atoms with Gasteiger partial charge in [-0.2, -0.15) is 0 Å². The van der Waals surface area contributed by atoms with Crippen LogP contribution in [0.4, 0.5) is 17.2 Å². The van der Waals surface area contributed by atoms with Crippen molar-refractivity contribution in [2.45, 2.75) is 57.5 Å². The summed E-state index contributed by atoms with van der Waals surface area (Å²) in [6.45, 7) is 3.16. The fourth-order valence-electron chi connectivity index (χ4n) is 4.62. The minimum absolute atomic E-state index is 0.353. The number of aromatic nitrogens is 3. The number of anilines is 3. The van der Waals surface area contributed by atoms with E-state index in [1.807, 2.05) is 16.9 Å². The third-order valence-electron chi connectivity index (χ3n) is 6.11. The van der Waals surface area contributed by atoms with E-state index in [1.165, 1.54) is 16.8 Å². The van der Waals surface area contributed by atoms with Crippen LogP contribution in [-0.4, -0.2) is 33.2 Å². The molecular weight excluding hydrogens is 348 g/mol. The number of hydrogen-bond donors (Lipinski definition) is 2. The van der Waals surface area contributed by atoms with E-state index in [4.69, 9.17) is 10.8 Å². The van der Waals surface area contributed by atoms with Crippen LogP contribution >= 0.6 is 0 Å². The highest BCUT2D eigenvalue weighted by Gasteiger charge is 2.23. The van der Waals surface area contributed by atoms with Gasteiger partial charge in [0.2, 0.25) is 0 Å². The lowest BCUT2D eigenvalue weighted by Crippen LogP contribution is -2.33. The SMILES string of the molecule is Cc1ccc2c(c1)CCCN2c1cc(N[C@H]2CC[C@H](N)CC2)nn2ccnc12. The lowest BCUT2D eigenvalue weighted by atomic mass is 9.92. The lowest BCUT2D eigenvalue weighted by Gasteiger charge is -2.32. The first-order valence-corrected chi connectivity index (χ1v) is 10.4. The number of rotatable bonds is 3. The zero-order valence-corrected chi connectivity index (χ0v) is 16.4.